The third-order valence-corrected chi connectivity index (χ3v) is 7.71. The van der Waals surface area contributed by atoms with Crippen molar-refractivity contribution in [1.29, 1.82) is 0 Å². The highest BCUT2D eigenvalue weighted by molar-refractivity contribution is 7.91. The van der Waals surface area contributed by atoms with Crippen LogP contribution in [-0.4, -0.2) is 67.5 Å². The van der Waals surface area contributed by atoms with Gasteiger partial charge in [0.1, 0.15) is 5.76 Å². The number of ether oxygens (including phenoxy) is 1. The van der Waals surface area contributed by atoms with Crippen LogP contribution < -0.4 is 0 Å². The zero-order valence-electron chi connectivity index (χ0n) is 17.7. The minimum absolute atomic E-state index is 0.0140. The number of nitrogens with zero attached hydrogens (tertiary/aromatic N) is 2. The number of sulfone groups is 1. The predicted octanol–water partition coefficient (Wildman–Crippen LogP) is 2.48. The lowest BCUT2D eigenvalue weighted by atomic mass is 10.1. The number of carbonyl (C=O) groups excluding carboxylic acids is 1. The SMILES string of the molecule is O=C(CN(Cc1ccccc1)Cc1ccco1)N(CC1CCCO1)C1CCS(=O)(=O)C1. The van der Waals surface area contributed by atoms with Crippen molar-refractivity contribution in [2.45, 2.75) is 44.5 Å². The van der Waals surface area contributed by atoms with E-state index in [4.69, 9.17) is 9.15 Å². The van der Waals surface area contributed by atoms with Gasteiger partial charge in [-0.2, -0.15) is 0 Å². The lowest BCUT2D eigenvalue weighted by molar-refractivity contribution is -0.136. The molecule has 0 N–H and O–H groups in total. The number of benzene rings is 1. The molecule has 2 aromatic rings. The fourth-order valence-electron chi connectivity index (χ4n) is 4.40. The predicted molar refractivity (Wildman–Crippen MR) is 117 cm³/mol. The van der Waals surface area contributed by atoms with Gasteiger partial charge in [0.05, 0.1) is 37.0 Å². The molecule has 0 bridgehead atoms. The van der Waals surface area contributed by atoms with Gasteiger partial charge in [-0.25, -0.2) is 8.42 Å². The Morgan fingerprint density at radius 2 is 1.90 bits per heavy atom. The molecule has 2 fully saturated rings. The molecule has 2 atom stereocenters. The van der Waals surface area contributed by atoms with Gasteiger partial charge in [-0.3, -0.25) is 9.69 Å². The van der Waals surface area contributed by atoms with E-state index >= 15 is 0 Å². The van der Waals surface area contributed by atoms with Gasteiger partial charge < -0.3 is 14.1 Å². The maximum Gasteiger partial charge on any atom is 0.237 e. The van der Waals surface area contributed by atoms with Crippen molar-refractivity contribution in [2.24, 2.45) is 0 Å². The summed E-state index contributed by atoms with van der Waals surface area (Å²) in [5.41, 5.74) is 1.11. The highest BCUT2D eigenvalue weighted by Crippen LogP contribution is 2.22. The number of hydrogen-bond acceptors (Lipinski definition) is 6. The van der Waals surface area contributed by atoms with Gasteiger partial charge >= 0.3 is 0 Å². The maximum atomic E-state index is 13.5. The molecule has 2 saturated heterocycles. The Kier molecular flexibility index (Phi) is 7.09. The minimum atomic E-state index is -3.09. The summed E-state index contributed by atoms with van der Waals surface area (Å²) in [6.07, 6.45) is 4.00. The van der Waals surface area contributed by atoms with Crippen LogP contribution in [-0.2, 0) is 32.5 Å². The summed E-state index contributed by atoms with van der Waals surface area (Å²) < 4.78 is 35.4. The van der Waals surface area contributed by atoms with E-state index in [-0.39, 0.29) is 36.1 Å². The molecule has 8 heteroatoms. The molecule has 0 spiro atoms. The van der Waals surface area contributed by atoms with E-state index in [1.165, 1.54) is 0 Å². The van der Waals surface area contributed by atoms with E-state index in [2.05, 4.69) is 0 Å². The second-order valence-electron chi connectivity index (χ2n) is 8.45. The van der Waals surface area contributed by atoms with E-state index in [1.807, 2.05) is 47.4 Å². The average molecular weight is 447 g/mol. The van der Waals surface area contributed by atoms with E-state index in [9.17, 15) is 13.2 Å². The first kappa shape index (κ1) is 22.0. The fraction of sp³-hybridized carbons (Fsp3) is 0.522. The summed E-state index contributed by atoms with van der Waals surface area (Å²) in [5.74, 6) is 0.924. The van der Waals surface area contributed by atoms with E-state index in [0.717, 1.165) is 24.2 Å². The van der Waals surface area contributed by atoms with E-state index < -0.39 is 9.84 Å². The van der Waals surface area contributed by atoms with Crippen molar-refractivity contribution in [3.63, 3.8) is 0 Å². The van der Waals surface area contributed by atoms with Gasteiger partial charge in [0, 0.05) is 25.7 Å². The zero-order chi connectivity index (χ0) is 21.7. The molecule has 1 aromatic carbocycles. The molecule has 2 unspecified atom stereocenters. The average Bonchev–Trinajstić information content (AvgIpc) is 3.49. The number of rotatable bonds is 9. The molecule has 2 aliphatic heterocycles. The summed E-state index contributed by atoms with van der Waals surface area (Å²) in [5, 5.41) is 0. The summed E-state index contributed by atoms with van der Waals surface area (Å²) in [7, 11) is -3.09. The second-order valence-corrected chi connectivity index (χ2v) is 10.7. The van der Waals surface area contributed by atoms with E-state index in [1.54, 1.807) is 11.2 Å². The molecule has 7 nitrogen and oxygen atoms in total. The molecule has 3 heterocycles. The lowest BCUT2D eigenvalue weighted by Crippen LogP contribution is -2.49. The lowest BCUT2D eigenvalue weighted by Gasteiger charge is -2.32. The van der Waals surface area contributed by atoms with Crippen molar-refractivity contribution in [3.05, 3.63) is 60.1 Å². The van der Waals surface area contributed by atoms with Gasteiger partial charge in [-0.05, 0) is 37.0 Å². The van der Waals surface area contributed by atoms with Crippen molar-refractivity contribution in [2.75, 3.05) is 31.2 Å². The molecular weight excluding hydrogens is 416 g/mol. The topological polar surface area (TPSA) is 80.1 Å². The van der Waals surface area contributed by atoms with E-state index in [0.29, 0.717) is 32.7 Å². The van der Waals surface area contributed by atoms with Crippen LogP contribution in [0.15, 0.2) is 53.1 Å². The van der Waals surface area contributed by atoms with Gasteiger partial charge in [0.2, 0.25) is 5.91 Å². The Labute approximate surface area is 183 Å². The maximum absolute atomic E-state index is 13.5. The van der Waals surface area contributed by atoms with Crippen LogP contribution in [0.1, 0.15) is 30.6 Å². The zero-order valence-corrected chi connectivity index (χ0v) is 18.5. The Hall–Kier alpha value is -2.16. The molecule has 2 aliphatic rings. The van der Waals surface area contributed by atoms with Crippen LogP contribution in [0.4, 0.5) is 0 Å². The molecule has 31 heavy (non-hydrogen) atoms. The van der Waals surface area contributed by atoms with Gasteiger partial charge in [0.25, 0.3) is 0 Å². The minimum Gasteiger partial charge on any atom is -0.468 e. The van der Waals surface area contributed by atoms with Gasteiger partial charge in [-0.15, -0.1) is 0 Å². The van der Waals surface area contributed by atoms with Crippen LogP contribution in [0.5, 0.6) is 0 Å². The number of carbonyl (C=O) groups is 1. The molecule has 4 rings (SSSR count). The number of hydrogen-bond donors (Lipinski definition) is 0. The Balaban J connectivity index is 1.49. The fourth-order valence-corrected chi connectivity index (χ4v) is 6.13. The molecule has 0 aliphatic carbocycles. The van der Waals surface area contributed by atoms with Gasteiger partial charge in [0.15, 0.2) is 9.84 Å². The summed E-state index contributed by atoms with van der Waals surface area (Å²) in [4.78, 5) is 17.3. The molecule has 1 aromatic heterocycles. The van der Waals surface area contributed by atoms with Crippen LogP contribution in [0.2, 0.25) is 0 Å². The quantitative estimate of drug-likeness (QED) is 0.589. The Morgan fingerprint density at radius 1 is 1.06 bits per heavy atom. The third kappa shape index (κ3) is 6.18. The standard InChI is InChI=1S/C23H30N2O5S/c26-23(25(16-22-9-5-12-30-22)20-10-13-31(27,28)18-20)17-24(15-21-8-4-11-29-21)14-19-6-2-1-3-7-19/h1-4,6-8,11,20,22H,5,9-10,12-18H2. The first-order valence-electron chi connectivity index (χ1n) is 10.9. The third-order valence-electron chi connectivity index (χ3n) is 5.96. The van der Waals surface area contributed by atoms with Crippen LogP contribution in [0.25, 0.3) is 0 Å². The van der Waals surface area contributed by atoms with Crippen LogP contribution in [0.3, 0.4) is 0 Å². The molecule has 168 valence electrons. The summed E-state index contributed by atoms with van der Waals surface area (Å²) >= 11 is 0. The van der Waals surface area contributed by atoms with Crippen molar-refractivity contribution in [1.82, 2.24) is 9.80 Å². The Bertz CT molecular complexity index is 940. The summed E-state index contributed by atoms with van der Waals surface area (Å²) in [6.45, 7) is 2.46. The van der Waals surface area contributed by atoms with Gasteiger partial charge in [-0.1, -0.05) is 30.3 Å². The molecule has 0 radical (unpaired) electrons. The highest BCUT2D eigenvalue weighted by Gasteiger charge is 2.36. The highest BCUT2D eigenvalue weighted by atomic mass is 32.2. The molecule has 0 saturated carbocycles. The molecule has 1 amide bonds. The first-order chi connectivity index (χ1) is 15.0. The number of amides is 1. The second kappa shape index (κ2) is 9.97. The normalized spacial score (nSPS) is 22.7. The smallest absolute Gasteiger partial charge is 0.237 e. The number of furan rings is 1. The Morgan fingerprint density at radius 3 is 2.55 bits per heavy atom. The summed E-state index contributed by atoms with van der Waals surface area (Å²) in [6, 6.07) is 13.5. The van der Waals surface area contributed by atoms with Crippen LogP contribution in [0, 0.1) is 0 Å². The van der Waals surface area contributed by atoms with Crippen molar-refractivity contribution >= 4 is 15.7 Å². The van der Waals surface area contributed by atoms with Crippen molar-refractivity contribution in [3.8, 4) is 0 Å². The van der Waals surface area contributed by atoms with Crippen LogP contribution >= 0.6 is 0 Å². The molecular formula is C23H30N2O5S. The largest absolute Gasteiger partial charge is 0.468 e. The monoisotopic (exact) mass is 446 g/mol. The first-order valence-corrected chi connectivity index (χ1v) is 12.7. The van der Waals surface area contributed by atoms with Crippen molar-refractivity contribution < 1.29 is 22.4 Å².